The van der Waals surface area contributed by atoms with E-state index in [0.717, 1.165) is 19.4 Å². The molecular weight excluding hydrogens is 214 g/mol. The number of nitrogens with one attached hydrogen (secondary N) is 1. The molecule has 1 rings (SSSR count). The van der Waals surface area contributed by atoms with Crippen molar-refractivity contribution >= 4 is 17.7 Å². The van der Waals surface area contributed by atoms with E-state index in [2.05, 4.69) is 5.32 Å². The van der Waals surface area contributed by atoms with E-state index in [1.165, 1.54) is 6.42 Å². The smallest absolute Gasteiger partial charge is 0.230 e. The minimum absolute atomic E-state index is 0.0302. The molecule has 0 aromatic carbocycles. The lowest BCUT2D eigenvalue weighted by molar-refractivity contribution is -0.118. The van der Waals surface area contributed by atoms with E-state index >= 15 is 0 Å². The van der Waals surface area contributed by atoms with Gasteiger partial charge in [-0.2, -0.15) is 0 Å². The van der Waals surface area contributed by atoms with E-state index in [0.29, 0.717) is 18.7 Å². The predicted molar refractivity (Wildman–Crippen MR) is 60.8 cm³/mol. The van der Waals surface area contributed by atoms with Crippen molar-refractivity contribution in [2.75, 3.05) is 25.5 Å². The van der Waals surface area contributed by atoms with Gasteiger partial charge in [-0.3, -0.25) is 4.79 Å². The quantitative estimate of drug-likeness (QED) is 0.665. The van der Waals surface area contributed by atoms with Gasteiger partial charge in [0.05, 0.1) is 5.75 Å². The van der Waals surface area contributed by atoms with Crippen molar-refractivity contribution in [2.45, 2.75) is 31.1 Å². The van der Waals surface area contributed by atoms with Gasteiger partial charge in [-0.25, -0.2) is 0 Å². The number of hydrogen-bond donors (Lipinski definition) is 2. The van der Waals surface area contributed by atoms with Crippen LogP contribution in [0, 0.1) is 0 Å². The zero-order valence-corrected chi connectivity index (χ0v) is 9.72. The topological polar surface area (TPSA) is 58.6 Å². The molecule has 15 heavy (non-hydrogen) atoms. The largest absolute Gasteiger partial charge is 0.396 e. The van der Waals surface area contributed by atoms with Gasteiger partial charge in [0.25, 0.3) is 0 Å². The molecule has 0 radical (unpaired) electrons. The fraction of sp³-hybridized carbons (Fsp3) is 0.900. The molecule has 1 fully saturated rings. The summed E-state index contributed by atoms with van der Waals surface area (Å²) in [5, 5.41) is 11.3. The van der Waals surface area contributed by atoms with Crippen LogP contribution >= 0.6 is 11.8 Å². The van der Waals surface area contributed by atoms with Crippen molar-refractivity contribution < 1.29 is 14.6 Å². The van der Waals surface area contributed by atoms with Gasteiger partial charge in [-0.15, -0.1) is 11.8 Å². The number of ether oxygens (including phenoxy) is 1. The summed E-state index contributed by atoms with van der Waals surface area (Å²) in [6.07, 6.45) is 4.01. The van der Waals surface area contributed by atoms with Crippen LogP contribution in [-0.2, 0) is 9.53 Å². The fourth-order valence-electron chi connectivity index (χ4n) is 1.37. The molecule has 1 aliphatic rings. The molecular formula is C10H19NO3S. The maximum Gasteiger partial charge on any atom is 0.230 e. The van der Waals surface area contributed by atoms with Crippen LogP contribution in [0.1, 0.15) is 25.7 Å². The second-order valence-corrected chi connectivity index (χ2v) is 4.68. The Bertz CT molecular complexity index is 184. The van der Waals surface area contributed by atoms with Gasteiger partial charge < -0.3 is 15.2 Å². The normalized spacial score (nSPS) is 21.3. The number of aliphatic hydroxyl groups excluding tert-OH is 1. The fourth-order valence-corrected chi connectivity index (χ4v) is 2.33. The number of rotatable bonds is 6. The average Bonchev–Trinajstić information content (AvgIpc) is 2.28. The van der Waals surface area contributed by atoms with Crippen molar-refractivity contribution in [1.82, 2.24) is 5.32 Å². The van der Waals surface area contributed by atoms with Crippen LogP contribution in [0.25, 0.3) is 0 Å². The van der Waals surface area contributed by atoms with Crippen LogP contribution in [0.5, 0.6) is 0 Å². The Hall–Kier alpha value is -0.260. The predicted octanol–water partition coefficient (Wildman–Crippen LogP) is 0.745. The third kappa shape index (κ3) is 6.02. The summed E-state index contributed by atoms with van der Waals surface area (Å²) >= 11 is 1.57. The highest BCUT2D eigenvalue weighted by Gasteiger charge is 2.15. The Morgan fingerprint density at radius 1 is 1.53 bits per heavy atom. The van der Waals surface area contributed by atoms with Gasteiger partial charge >= 0.3 is 0 Å². The van der Waals surface area contributed by atoms with Crippen LogP contribution in [0.3, 0.4) is 0 Å². The number of thioether (sulfide) groups is 1. The standard InChI is InChI=1S/C10H19NO3S/c12-6-3-5-11-9(13)8-15-10-4-1-2-7-14-10/h10,12H,1-8H2,(H,11,13). The Morgan fingerprint density at radius 3 is 3.07 bits per heavy atom. The molecule has 1 heterocycles. The summed E-state index contributed by atoms with van der Waals surface area (Å²) < 4.78 is 5.50. The van der Waals surface area contributed by atoms with Gasteiger partial charge in [0.15, 0.2) is 0 Å². The van der Waals surface area contributed by atoms with E-state index in [1.54, 1.807) is 11.8 Å². The minimum Gasteiger partial charge on any atom is -0.396 e. The molecule has 0 bridgehead atoms. The minimum atomic E-state index is 0.0302. The molecule has 88 valence electrons. The van der Waals surface area contributed by atoms with Gasteiger partial charge in [-0.05, 0) is 25.7 Å². The highest BCUT2D eigenvalue weighted by atomic mass is 32.2. The first-order chi connectivity index (χ1) is 7.33. The Morgan fingerprint density at radius 2 is 2.40 bits per heavy atom. The van der Waals surface area contributed by atoms with Crippen molar-refractivity contribution in [3.8, 4) is 0 Å². The third-order valence-corrected chi connectivity index (χ3v) is 3.37. The molecule has 0 spiro atoms. The molecule has 1 atom stereocenters. The van der Waals surface area contributed by atoms with Crippen molar-refractivity contribution in [3.05, 3.63) is 0 Å². The molecule has 4 nitrogen and oxygen atoms in total. The van der Waals surface area contributed by atoms with Crippen molar-refractivity contribution in [2.24, 2.45) is 0 Å². The van der Waals surface area contributed by atoms with E-state index in [9.17, 15) is 4.79 Å². The number of carbonyl (C=O) groups excluding carboxylic acids is 1. The first-order valence-electron chi connectivity index (χ1n) is 5.43. The molecule has 0 aromatic heterocycles. The molecule has 1 saturated heterocycles. The van der Waals surface area contributed by atoms with Gasteiger partial charge in [0.2, 0.25) is 5.91 Å². The van der Waals surface area contributed by atoms with E-state index in [1.807, 2.05) is 0 Å². The Balaban J connectivity index is 2.00. The zero-order valence-electron chi connectivity index (χ0n) is 8.91. The average molecular weight is 233 g/mol. The molecule has 0 saturated carbocycles. The Kier molecular flexibility index (Phi) is 6.80. The van der Waals surface area contributed by atoms with Crippen molar-refractivity contribution in [3.63, 3.8) is 0 Å². The lowest BCUT2D eigenvalue weighted by Crippen LogP contribution is -2.28. The summed E-state index contributed by atoms with van der Waals surface area (Å²) in [5.41, 5.74) is 0.197. The van der Waals surface area contributed by atoms with Crippen LogP contribution in [0.15, 0.2) is 0 Å². The van der Waals surface area contributed by atoms with Crippen LogP contribution in [-0.4, -0.2) is 42.0 Å². The van der Waals surface area contributed by atoms with Gasteiger partial charge in [0, 0.05) is 19.8 Å². The van der Waals surface area contributed by atoms with Gasteiger partial charge in [-0.1, -0.05) is 0 Å². The highest BCUT2D eigenvalue weighted by Crippen LogP contribution is 2.22. The zero-order chi connectivity index (χ0) is 10.9. The third-order valence-electron chi connectivity index (χ3n) is 2.20. The number of aliphatic hydroxyl groups is 1. The van der Waals surface area contributed by atoms with Crippen LogP contribution in [0.4, 0.5) is 0 Å². The number of amides is 1. The van der Waals surface area contributed by atoms with E-state index < -0.39 is 0 Å². The maximum absolute atomic E-state index is 11.3. The molecule has 2 N–H and O–H groups in total. The summed E-state index contributed by atoms with van der Waals surface area (Å²) in [5.74, 6) is 0.485. The van der Waals surface area contributed by atoms with E-state index in [-0.39, 0.29) is 18.0 Å². The molecule has 1 amide bonds. The highest BCUT2D eigenvalue weighted by molar-refractivity contribution is 8.00. The summed E-state index contributed by atoms with van der Waals surface area (Å²) in [6.45, 7) is 1.50. The molecule has 1 unspecified atom stereocenters. The van der Waals surface area contributed by atoms with E-state index in [4.69, 9.17) is 9.84 Å². The SMILES string of the molecule is O=C(CSC1CCCCO1)NCCCO. The van der Waals surface area contributed by atoms with Crippen LogP contribution in [0.2, 0.25) is 0 Å². The first-order valence-corrected chi connectivity index (χ1v) is 6.48. The number of carbonyl (C=O) groups is 1. The van der Waals surface area contributed by atoms with Gasteiger partial charge in [0.1, 0.15) is 5.44 Å². The summed E-state index contributed by atoms with van der Waals surface area (Å²) in [6, 6.07) is 0. The molecule has 1 aliphatic heterocycles. The van der Waals surface area contributed by atoms with Crippen LogP contribution < -0.4 is 5.32 Å². The first kappa shape index (κ1) is 12.8. The second-order valence-electron chi connectivity index (χ2n) is 3.53. The monoisotopic (exact) mass is 233 g/mol. The lowest BCUT2D eigenvalue weighted by atomic mass is 10.2. The Labute approximate surface area is 94.8 Å². The second kappa shape index (κ2) is 7.96. The molecule has 5 heteroatoms. The van der Waals surface area contributed by atoms with Crippen molar-refractivity contribution in [1.29, 1.82) is 0 Å². The lowest BCUT2D eigenvalue weighted by Gasteiger charge is -2.21. The summed E-state index contributed by atoms with van der Waals surface area (Å²) in [4.78, 5) is 11.3. The molecule has 0 aliphatic carbocycles. The number of hydrogen-bond acceptors (Lipinski definition) is 4. The maximum atomic E-state index is 11.3. The summed E-state index contributed by atoms with van der Waals surface area (Å²) in [7, 11) is 0. The molecule has 0 aromatic rings.